The van der Waals surface area contributed by atoms with Crippen molar-refractivity contribution in [2.45, 2.75) is 12.8 Å². The van der Waals surface area contributed by atoms with E-state index in [0.717, 1.165) is 12.1 Å². The number of benzene rings is 1. The van der Waals surface area contributed by atoms with Crippen LogP contribution in [-0.2, 0) is 0 Å². The molecule has 0 unspecified atom stereocenters. The van der Waals surface area contributed by atoms with Gasteiger partial charge < -0.3 is 10.4 Å². The van der Waals surface area contributed by atoms with E-state index in [-0.39, 0.29) is 12.5 Å². The zero-order valence-electron chi connectivity index (χ0n) is 10.6. The number of aliphatic hydroxyl groups excluding tert-OH is 1. The Bertz CT molecular complexity index is 522. The Hall–Kier alpha value is -2.14. The molecule has 0 bridgehead atoms. The van der Waals surface area contributed by atoms with E-state index in [0.29, 0.717) is 18.7 Å². The van der Waals surface area contributed by atoms with Gasteiger partial charge in [0.05, 0.1) is 12.5 Å². The normalized spacial score (nSPS) is 10.4. The van der Waals surface area contributed by atoms with Crippen LogP contribution in [0.1, 0.15) is 23.3 Å². The Morgan fingerprint density at radius 2 is 2.05 bits per heavy atom. The molecule has 0 aliphatic carbocycles. The largest absolute Gasteiger partial charge is 0.396 e. The summed E-state index contributed by atoms with van der Waals surface area (Å²) in [5.41, 5.74) is 1.41. The van der Waals surface area contributed by atoms with E-state index >= 15 is 0 Å². The molecule has 1 amide bonds. The molecule has 2 aromatic rings. The molecule has 19 heavy (non-hydrogen) atoms. The number of rotatable bonds is 6. The first-order valence-electron chi connectivity index (χ1n) is 6.30. The van der Waals surface area contributed by atoms with Gasteiger partial charge >= 0.3 is 0 Å². The van der Waals surface area contributed by atoms with Crippen molar-refractivity contribution in [2.75, 3.05) is 13.2 Å². The molecular weight excluding hydrogens is 242 g/mol. The number of nitrogens with one attached hydrogen (secondary N) is 1. The lowest BCUT2D eigenvalue weighted by Gasteiger charge is -2.08. The maximum absolute atomic E-state index is 12.0. The van der Waals surface area contributed by atoms with Crippen molar-refractivity contribution in [1.29, 1.82) is 0 Å². The number of amides is 1. The van der Waals surface area contributed by atoms with E-state index in [1.165, 1.54) is 0 Å². The first kappa shape index (κ1) is 13.3. The minimum absolute atomic E-state index is 0.151. The summed E-state index contributed by atoms with van der Waals surface area (Å²) in [7, 11) is 0. The maximum Gasteiger partial charge on any atom is 0.269 e. The molecule has 0 radical (unpaired) electrons. The van der Waals surface area contributed by atoms with Gasteiger partial charge in [-0.1, -0.05) is 18.2 Å². The van der Waals surface area contributed by atoms with Gasteiger partial charge in [-0.25, -0.2) is 4.98 Å². The predicted octanol–water partition coefficient (Wildman–Crippen LogP) is 1.37. The van der Waals surface area contributed by atoms with Gasteiger partial charge in [0.2, 0.25) is 0 Å². The predicted molar refractivity (Wildman–Crippen MR) is 72.2 cm³/mol. The summed E-state index contributed by atoms with van der Waals surface area (Å²) in [5, 5.41) is 11.5. The average molecular weight is 259 g/mol. The molecule has 0 saturated heterocycles. The second-order valence-corrected chi connectivity index (χ2v) is 4.17. The number of hydrogen-bond acceptors (Lipinski definition) is 3. The van der Waals surface area contributed by atoms with Crippen molar-refractivity contribution in [1.82, 2.24) is 14.9 Å². The summed E-state index contributed by atoms with van der Waals surface area (Å²) in [6.45, 7) is 0.706. The highest BCUT2D eigenvalue weighted by Gasteiger charge is 2.11. The lowest BCUT2D eigenvalue weighted by Crippen LogP contribution is -2.26. The monoisotopic (exact) mass is 259 g/mol. The van der Waals surface area contributed by atoms with E-state index < -0.39 is 0 Å². The number of para-hydroxylation sites is 1. The first-order valence-corrected chi connectivity index (χ1v) is 6.30. The third-order valence-electron chi connectivity index (χ3n) is 2.78. The fourth-order valence-corrected chi connectivity index (χ4v) is 1.79. The Labute approximate surface area is 111 Å². The molecule has 0 spiro atoms. The van der Waals surface area contributed by atoms with Crippen molar-refractivity contribution in [3.05, 3.63) is 48.5 Å². The molecule has 2 rings (SSSR count). The standard InChI is InChI=1S/C14H17N3O2/c18-9-5-4-8-16-14(19)13-10-15-11-17(13)12-6-2-1-3-7-12/h1-3,6-7,10-11,18H,4-5,8-9H2,(H,16,19). The first-order chi connectivity index (χ1) is 9.33. The van der Waals surface area contributed by atoms with Crippen LogP contribution in [0.3, 0.4) is 0 Å². The van der Waals surface area contributed by atoms with Gasteiger partial charge in [-0.3, -0.25) is 9.36 Å². The Kier molecular flexibility index (Phi) is 4.69. The number of imidazole rings is 1. The summed E-state index contributed by atoms with van der Waals surface area (Å²) >= 11 is 0. The Balaban J connectivity index is 2.05. The zero-order chi connectivity index (χ0) is 13.5. The molecule has 0 aliphatic rings. The molecule has 100 valence electrons. The van der Waals surface area contributed by atoms with Gasteiger partial charge in [0.25, 0.3) is 5.91 Å². The number of carbonyl (C=O) groups is 1. The molecule has 1 aromatic heterocycles. The van der Waals surface area contributed by atoms with Crippen LogP contribution in [-0.4, -0.2) is 33.7 Å². The highest BCUT2D eigenvalue weighted by atomic mass is 16.2. The molecule has 0 aliphatic heterocycles. The summed E-state index contributed by atoms with van der Waals surface area (Å²) in [5.74, 6) is -0.153. The highest BCUT2D eigenvalue weighted by molar-refractivity contribution is 5.92. The van der Waals surface area contributed by atoms with Crippen molar-refractivity contribution in [2.24, 2.45) is 0 Å². The quantitative estimate of drug-likeness (QED) is 0.770. The van der Waals surface area contributed by atoms with Crippen LogP contribution in [0.25, 0.3) is 5.69 Å². The van der Waals surface area contributed by atoms with Crippen LogP contribution in [0.5, 0.6) is 0 Å². The second kappa shape index (κ2) is 6.70. The average Bonchev–Trinajstić information content (AvgIpc) is 2.94. The smallest absolute Gasteiger partial charge is 0.269 e. The van der Waals surface area contributed by atoms with E-state index in [4.69, 9.17) is 5.11 Å². The number of nitrogens with zero attached hydrogens (tertiary/aromatic N) is 2. The van der Waals surface area contributed by atoms with Gasteiger partial charge in [0.1, 0.15) is 5.69 Å². The third kappa shape index (κ3) is 3.42. The SMILES string of the molecule is O=C(NCCCCO)c1cncn1-c1ccccc1. The number of aliphatic hydroxyl groups is 1. The second-order valence-electron chi connectivity index (χ2n) is 4.17. The van der Waals surface area contributed by atoms with Crippen LogP contribution in [0.4, 0.5) is 0 Å². The maximum atomic E-state index is 12.0. The minimum atomic E-state index is -0.153. The van der Waals surface area contributed by atoms with Crippen LogP contribution in [0.2, 0.25) is 0 Å². The molecule has 0 fully saturated rings. The summed E-state index contributed by atoms with van der Waals surface area (Å²) < 4.78 is 1.75. The lowest BCUT2D eigenvalue weighted by molar-refractivity contribution is 0.0945. The third-order valence-corrected chi connectivity index (χ3v) is 2.78. The van der Waals surface area contributed by atoms with E-state index in [1.54, 1.807) is 17.1 Å². The van der Waals surface area contributed by atoms with Gasteiger partial charge in [-0.05, 0) is 25.0 Å². The fraction of sp³-hybridized carbons (Fsp3) is 0.286. The number of aromatic nitrogens is 2. The van der Waals surface area contributed by atoms with Crippen molar-refractivity contribution < 1.29 is 9.90 Å². The topological polar surface area (TPSA) is 67.2 Å². The molecule has 5 heteroatoms. The molecule has 0 atom stereocenters. The van der Waals surface area contributed by atoms with Crippen molar-refractivity contribution in [3.63, 3.8) is 0 Å². The molecular formula is C14H17N3O2. The Morgan fingerprint density at radius 1 is 1.26 bits per heavy atom. The number of unbranched alkanes of at least 4 members (excludes halogenated alkanes) is 1. The summed E-state index contributed by atoms with van der Waals surface area (Å²) in [6, 6.07) is 9.60. The van der Waals surface area contributed by atoms with Gasteiger partial charge in [0, 0.05) is 18.8 Å². The molecule has 5 nitrogen and oxygen atoms in total. The van der Waals surface area contributed by atoms with Crippen LogP contribution < -0.4 is 5.32 Å². The van der Waals surface area contributed by atoms with Crippen LogP contribution >= 0.6 is 0 Å². The van der Waals surface area contributed by atoms with Gasteiger partial charge in [-0.2, -0.15) is 0 Å². The molecule has 2 N–H and O–H groups in total. The summed E-state index contributed by atoms with van der Waals surface area (Å²) in [4.78, 5) is 16.1. The summed E-state index contributed by atoms with van der Waals surface area (Å²) in [6.07, 6.45) is 4.63. The number of hydrogen-bond donors (Lipinski definition) is 2. The minimum Gasteiger partial charge on any atom is -0.396 e. The van der Waals surface area contributed by atoms with Crippen molar-refractivity contribution in [3.8, 4) is 5.69 Å². The van der Waals surface area contributed by atoms with Crippen LogP contribution in [0, 0.1) is 0 Å². The van der Waals surface area contributed by atoms with E-state index in [9.17, 15) is 4.79 Å². The molecule has 1 aromatic carbocycles. The van der Waals surface area contributed by atoms with E-state index in [1.807, 2.05) is 30.3 Å². The van der Waals surface area contributed by atoms with Crippen molar-refractivity contribution >= 4 is 5.91 Å². The molecule has 1 heterocycles. The van der Waals surface area contributed by atoms with Gasteiger partial charge in [0.15, 0.2) is 0 Å². The highest BCUT2D eigenvalue weighted by Crippen LogP contribution is 2.10. The lowest BCUT2D eigenvalue weighted by atomic mass is 10.3. The van der Waals surface area contributed by atoms with E-state index in [2.05, 4.69) is 10.3 Å². The van der Waals surface area contributed by atoms with Gasteiger partial charge in [-0.15, -0.1) is 0 Å². The number of carbonyl (C=O) groups excluding carboxylic acids is 1. The van der Waals surface area contributed by atoms with Crippen LogP contribution in [0.15, 0.2) is 42.9 Å². The zero-order valence-corrected chi connectivity index (χ0v) is 10.6. The Morgan fingerprint density at radius 3 is 2.79 bits per heavy atom. The molecule has 0 saturated carbocycles. The fourth-order valence-electron chi connectivity index (χ4n) is 1.79.